The maximum Gasteiger partial charge on any atom is 0.305 e. The highest BCUT2D eigenvalue weighted by Gasteiger charge is 1.99. The summed E-state index contributed by atoms with van der Waals surface area (Å²) in [4.78, 5) is 19.7. The van der Waals surface area contributed by atoms with Crippen molar-refractivity contribution in [1.29, 1.82) is 0 Å². The Bertz CT molecular complexity index is 159. The molecule has 0 saturated heterocycles. The molecule has 4 nitrogen and oxygen atoms in total. The Morgan fingerprint density at radius 2 is 1.28 bits per heavy atom. The number of carboxylic acid groups (broad SMARTS) is 1. The van der Waals surface area contributed by atoms with E-state index < -0.39 is 5.97 Å². The SMILES string of the molecule is CC(C)C(=O)O.CCCCCOOCCCCC. The molecule has 0 rings (SSSR count). The molecule has 4 heteroatoms. The van der Waals surface area contributed by atoms with E-state index in [9.17, 15) is 4.79 Å². The molecule has 0 aliphatic heterocycles. The molecule has 0 aromatic heterocycles. The first-order valence-corrected chi connectivity index (χ1v) is 7.03. The minimum absolute atomic E-state index is 0.231. The van der Waals surface area contributed by atoms with Crippen LogP contribution in [0.2, 0.25) is 0 Å². The summed E-state index contributed by atoms with van der Waals surface area (Å²) in [6.45, 7) is 9.15. The molecule has 1 N–H and O–H groups in total. The van der Waals surface area contributed by atoms with Crippen molar-refractivity contribution in [3.8, 4) is 0 Å². The van der Waals surface area contributed by atoms with E-state index in [4.69, 9.17) is 14.9 Å². The summed E-state index contributed by atoms with van der Waals surface area (Å²) in [6.07, 6.45) is 7.17. The smallest absolute Gasteiger partial charge is 0.305 e. The molecule has 0 saturated carbocycles. The lowest BCUT2D eigenvalue weighted by atomic mass is 10.2. The van der Waals surface area contributed by atoms with Crippen molar-refractivity contribution in [2.75, 3.05) is 13.2 Å². The molecule has 0 aromatic rings. The molecule has 0 radical (unpaired) electrons. The molecule has 18 heavy (non-hydrogen) atoms. The Labute approximate surface area is 112 Å². The van der Waals surface area contributed by atoms with Crippen LogP contribution in [0.25, 0.3) is 0 Å². The normalized spacial score (nSPS) is 10.1. The van der Waals surface area contributed by atoms with Gasteiger partial charge in [-0.1, -0.05) is 53.4 Å². The standard InChI is InChI=1S/C10H22O2.C4H8O2/c1-3-5-7-9-11-12-10-8-6-4-2;1-3(2)4(5)6/h3-10H2,1-2H3;3H,1-2H3,(H,5,6). The van der Waals surface area contributed by atoms with Gasteiger partial charge in [0.2, 0.25) is 0 Å². The second kappa shape index (κ2) is 16.4. The van der Waals surface area contributed by atoms with Crippen molar-refractivity contribution >= 4 is 5.97 Å². The van der Waals surface area contributed by atoms with Crippen LogP contribution in [0.3, 0.4) is 0 Å². The number of aliphatic carboxylic acids is 1. The second-order valence-electron chi connectivity index (χ2n) is 4.55. The Morgan fingerprint density at radius 1 is 0.944 bits per heavy atom. The highest BCUT2D eigenvalue weighted by Crippen LogP contribution is 1.97. The maximum absolute atomic E-state index is 9.70. The maximum atomic E-state index is 9.70. The van der Waals surface area contributed by atoms with Crippen LogP contribution in [0.1, 0.15) is 66.2 Å². The van der Waals surface area contributed by atoms with E-state index >= 15 is 0 Å². The zero-order chi connectivity index (χ0) is 14.2. The molecule has 0 fully saturated rings. The fourth-order valence-corrected chi connectivity index (χ4v) is 0.940. The Hall–Kier alpha value is -0.610. The second-order valence-corrected chi connectivity index (χ2v) is 4.55. The number of rotatable bonds is 10. The van der Waals surface area contributed by atoms with Gasteiger partial charge in [-0.3, -0.25) is 4.79 Å². The first kappa shape index (κ1) is 19.7. The zero-order valence-electron chi connectivity index (χ0n) is 12.4. The average molecular weight is 262 g/mol. The molecule has 0 atom stereocenters. The molecule has 0 aliphatic rings. The first-order valence-electron chi connectivity index (χ1n) is 7.03. The number of carbonyl (C=O) groups is 1. The van der Waals surface area contributed by atoms with Gasteiger partial charge in [0.25, 0.3) is 0 Å². The van der Waals surface area contributed by atoms with Gasteiger partial charge in [-0.2, -0.15) is 0 Å². The molecule has 0 aromatic carbocycles. The van der Waals surface area contributed by atoms with Gasteiger partial charge in [0, 0.05) is 0 Å². The molecule has 0 unspecified atom stereocenters. The van der Waals surface area contributed by atoms with Gasteiger partial charge in [-0.25, -0.2) is 9.78 Å². The van der Waals surface area contributed by atoms with Gasteiger partial charge in [-0.15, -0.1) is 0 Å². The number of hydrogen-bond donors (Lipinski definition) is 1. The molecule has 0 spiro atoms. The van der Waals surface area contributed by atoms with Gasteiger partial charge < -0.3 is 5.11 Å². The Kier molecular flexibility index (Phi) is 18.0. The summed E-state index contributed by atoms with van der Waals surface area (Å²) < 4.78 is 0. The summed E-state index contributed by atoms with van der Waals surface area (Å²) in [5, 5.41) is 7.99. The fraction of sp³-hybridized carbons (Fsp3) is 0.929. The lowest BCUT2D eigenvalue weighted by Gasteiger charge is -2.02. The lowest BCUT2D eigenvalue weighted by Crippen LogP contribution is -2.03. The number of carboxylic acids is 1. The van der Waals surface area contributed by atoms with E-state index in [1.165, 1.54) is 25.7 Å². The monoisotopic (exact) mass is 262 g/mol. The number of unbranched alkanes of at least 4 members (excludes halogenated alkanes) is 4. The topological polar surface area (TPSA) is 55.8 Å². The van der Waals surface area contributed by atoms with Crippen molar-refractivity contribution in [1.82, 2.24) is 0 Å². The van der Waals surface area contributed by atoms with Crippen LogP contribution in [-0.2, 0) is 14.6 Å². The van der Waals surface area contributed by atoms with Crippen molar-refractivity contribution in [2.24, 2.45) is 5.92 Å². The lowest BCUT2D eigenvalue weighted by molar-refractivity contribution is -0.295. The molecule has 0 amide bonds. The summed E-state index contributed by atoms with van der Waals surface area (Å²) in [5.41, 5.74) is 0. The zero-order valence-corrected chi connectivity index (χ0v) is 12.4. The molecule has 110 valence electrons. The van der Waals surface area contributed by atoms with Crippen LogP contribution in [0, 0.1) is 5.92 Å². The fourth-order valence-electron chi connectivity index (χ4n) is 0.940. The minimum Gasteiger partial charge on any atom is -0.481 e. The Balaban J connectivity index is 0. The third-order valence-corrected chi connectivity index (χ3v) is 2.24. The van der Waals surface area contributed by atoms with Crippen LogP contribution >= 0.6 is 0 Å². The summed E-state index contributed by atoms with van der Waals surface area (Å²) >= 11 is 0. The largest absolute Gasteiger partial charge is 0.481 e. The van der Waals surface area contributed by atoms with Gasteiger partial charge >= 0.3 is 5.97 Å². The average Bonchev–Trinajstić information content (AvgIpc) is 2.33. The highest BCUT2D eigenvalue weighted by atomic mass is 17.2. The number of hydrogen-bond acceptors (Lipinski definition) is 3. The minimum atomic E-state index is -0.741. The van der Waals surface area contributed by atoms with E-state index in [1.807, 2.05) is 0 Å². The van der Waals surface area contributed by atoms with Crippen LogP contribution in [0.5, 0.6) is 0 Å². The van der Waals surface area contributed by atoms with E-state index in [1.54, 1.807) is 13.8 Å². The van der Waals surface area contributed by atoms with Gasteiger partial charge in [0.05, 0.1) is 19.1 Å². The van der Waals surface area contributed by atoms with Crippen LogP contribution < -0.4 is 0 Å². The molecule has 0 heterocycles. The van der Waals surface area contributed by atoms with Crippen LogP contribution in [0.15, 0.2) is 0 Å². The molecular formula is C14H30O4. The van der Waals surface area contributed by atoms with Gasteiger partial charge in [-0.05, 0) is 12.8 Å². The van der Waals surface area contributed by atoms with Crippen molar-refractivity contribution in [3.05, 3.63) is 0 Å². The molecule has 0 bridgehead atoms. The third kappa shape index (κ3) is 20.8. The third-order valence-electron chi connectivity index (χ3n) is 2.24. The molecular weight excluding hydrogens is 232 g/mol. The van der Waals surface area contributed by atoms with Crippen LogP contribution in [-0.4, -0.2) is 24.3 Å². The van der Waals surface area contributed by atoms with Gasteiger partial charge in [0.1, 0.15) is 0 Å². The van der Waals surface area contributed by atoms with Gasteiger partial charge in [0.15, 0.2) is 0 Å². The van der Waals surface area contributed by atoms with E-state index in [2.05, 4.69) is 13.8 Å². The predicted octanol–water partition coefficient (Wildman–Crippen LogP) is 4.04. The van der Waals surface area contributed by atoms with E-state index in [0.717, 1.165) is 26.1 Å². The Morgan fingerprint density at radius 3 is 1.50 bits per heavy atom. The summed E-state index contributed by atoms with van der Waals surface area (Å²) in [6, 6.07) is 0. The predicted molar refractivity (Wildman–Crippen MR) is 73.4 cm³/mol. The van der Waals surface area contributed by atoms with Crippen molar-refractivity contribution < 1.29 is 19.7 Å². The summed E-state index contributed by atoms with van der Waals surface area (Å²) in [5.74, 6) is -0.972. The first-order chi connectivity index (χ1) is 8.56. The molecule has 0 aliphatic carbocycles. The van der Waals surface area contributed by atoms with Crippen LogP contribution in [0.4, 0.5) is 0 Å². The summed E-state index contributed by atoms with van der Waals surface area (Å²) in [7, 11) is 0. The van der Waals surface area contributed by atoms with Crippen molar-refractivity contribution in [3.63, 3.8) is 0 Å². The highest BCUT2D eigenvalue weighted by molar-refractivity contribution is 5.68. The van der Waals surface area contributed by atoms with Crippen molar-refractivity contribution in [2.45, 2.75) is 66.2 Å². The van der Waals surface area contributed by atoms with E-state index in [-0.39, 0.29) is 5.92 Å². The quantitative estimate of drug-likeness (QED) is 0.367. The van der Waals surface area contributed by atoms with E-state index in [0.29, 0.717) is 0 Å².